The maximum atomic E-state index is 12.6. The van der Waals surface area contributed by atoms with Gasteiger partial charge >= 0.3 is 0 Å². The van der Waals surface area contributed by atoms with E-state index in [1.54, 1.807) is 6.20 Å². The van der Waals surface area contributed by atoms with Crippen molar-refractivity contribution in [3.05, 3.63) is 30.6 Å². The van der Waals surface area contributed by atoms with Crippen LogP contribution in [-0.4, -0.2) is 32.3 Å². The van der Waals surface area contributed by atoms with Crippen molar-refractivity contribution in [3.63, 3.8) is 0 Å². The van der Waals surface area contributed by atoms with Gasteiger partial charge in [-0.1, -0.05) is 30.0 Å². The third kappa shape index (κ3) is 4.13. The monoisotopic (exact) mass is 376 g/mol. The van der Waals surface area contributed by atoms with E-state index < -0.39 is 0 Å². The Morgan fingerprint density at radius 3 is 2.96 bits per heavy atom. The highest BCUT2D eigenvalue weighted by atomic mass is 32.2. The van der Waals surface area contributed by atoms with E-state index >= 15 is 0 Å². The lowest BCUT2D eigenvalue weighted by atomic mass is 10.3. The standard InChI is InChI=1S/C17H20N4O2S2/c1-4-13(25-17-18-8-9-21(17)3)15(22)20-16-19-12-7-6-11(23-5-2)10-14(12)24-16/h6-10,13H,4-5H2,1-3H3,(H,19,20,22). The molecule has 0 radical (unpaired) electrons. The van der Waals surface area contributed by atoms with Crippen LogP contribution in [0.25, 0.3) is 10.2 Å². The SMILES string of the molecule is CCOc1ccc2nc(NC(=O)C(CC)Sc3nccn3C)sc2c1. The third-order valence-corrected chi connectivity index (χ3v) is 5.96. The van der Waals surface area contributed by atoms with Crippen LogP contribution in [0.1, 0.15) is 20.3 Å². The van der Waals surface area contributed by atoms with Crippen LogP contribution in [0, 0.1) is 0 Å². The van der Waals surface area contributed by atoms with Gasteiger partial charge in [-0.15, -0.1) is 0 Å². The van der Waals surface area contributed by atoms with E-state index in [1.165, 1.54) is 23.1 Å². The molecule has 0 bridgehead atoms. The van der Waals surface area contributed by atoms with Crippen LogP contribution in [0.3, 0.4) is 0 Å². The molecule has 2 aromatic heterocycles. The summed E-state index contributed by atoms with van der Waals surface area (Å²) < 4.78 is 8.41. The number of carbonyl (C=O) groups excluding carboxylic acids is 1. The molecule has 2 heterocycles. The summed E-state index contributed by atoms with van der Waals surface area (Å²) in [5.41, 5.74) is 0.855. The number of rotatable bonds is 7. The number of aryl methyl sites for hydroxylation is 1. The number of amides is 1. The largest absolute Gasteiger partial charge is 0.494 e. The molecule has 0 saturated carbocycles. The summed E-state index contributed by atoms with van der Waals surface area (Å²) in [4.78, 5) is 21.4. The average molecular weight is 377 g/mol. The van der Waals surface area contributed by atoms with Gasteiger partial charge in [0.25, 0.3) is 0 Å². The van der Waals surface area contributed by atoms with Gasteiger partial charge in [0.05, 0.1) is 22.1 Å². The minimum Gasteiger partial charge on any atom is -0.494 e. The Hall–Kier alpha value is -2.06. The van der Waals surface area contributed by atoms with Gasteiger partial charge in [0.15, 0.2) is 10.3 Å². The Labute approximate surface area is 154 Å². The summed E-state index contributed by atoms with van der Waals surface area (Å²) in [5, 5.41) is 4.15. The molecular weight excluding hydrogens is 356 g/mol. The maximum Gasteiger partial charge on any atom is 0.239 e. The van der Waals surface area contributed by atoms with Gasteiger partial charge in [-0.25, -0.2) is 9.97 Å². The fraction of sp³-hybridized carbons (Fsp3) is 0.353. The Balaban J connectivity index is 1.72. The lowest BCUT2D eigenvalue weighted by molar-refractivity contribution is -0.115. The van der Waals surface area contributed by atoms with Crippen LogP contribution in [0.5, 0.6) is 5.75 Å². The Kier molecular flexibility index (Phi) is 5.60. The molecule has 1 N–H and O–H groups in total. The fourth-order valence-corrected chi connectivity index (χ4v) is 4.15. The topological polar surface area (TPSA) is 69.0 Å². The predicted octanol–water partition coefficient (Wildman–Crippen LogP) is 3.94. The molecule has 1 atom stereocenters. The summed E-state index contributed by atoms with van der Waals surface area (Å²) >= 11 is 2.91. The van der Waals surface area contributed by atoms with Gasteiger partial charge < -0.3 is 14.6 Å². The normalized spacial score (nSPS) is 12.3. The summed E-state index contributed by atoms with van der Waals surface area (Å²) in [6.45, 7) is 4.57. The minimum absolute atomic E-state index is 0.0559. The summed E-state index contributed by atoms with van der Waals surface area (Å²) in [6, 6.07) is 5.75. The molecule has 0 aliphatic rings. The molecule has 3 rings (SSSR count). The number of fused-ring (bicyclic) bond motifs is 1. The quantitative estimate of drug-likeness (QED) is 0.633. The zero-order valence-electron chi connectivity index (χ0n) is 14.4. The predicted molar refractivity (Wildman–Crippen MR) is 103 cm³/mol. The van der Waals surface area contributed by atoms with Crippen LogP contribution in [0.15, 0.2) is 35.7 Å². The zero-order chi connectivity index (χ0) is 17.8. The molecule has 6 nitrogen and oxygen atoms in total. The van der Waals surface area contributed by atoms with Gasteiger partial charge in [-0.3, -0.25) is 4.79 Å². The van der Waals surface area contributed by atoms with Crippen molar-refractivity contribution >= 4 is 44.4 Å². The average Bonchev–Trinajstić information content (AvgIpc) is 3.17. The van der Waals surface area contributed by atoms with Crippen molar-refractivity contribution in [2.75, 3.05) is 11.9 Å². The number of aromatic nitrogens is 3. The number of anilines is 1. The molecule has 3 aromatic rings. The molecule has 0 aliphatic carbocycles. The number of imidazole rings is 1. The number of benzene rings is 1. The van der Waals surface area contributed by atoms with E-state index in [9.17, 15) is 4.79 Å². The number of hydrogen-bond acceptors (Lipinski definition) is 6. The van der Waals surface area contributed by atoms with Gasteiger partial charge in [-0.05, 0) is 31.5 Å². The molecule has 0 saturated heterocycles. The number of ether oxygens (including phenoxy) is 1. The minimum atomic E-state index is -0.216. The van der Waals surface area contributed by atoms with Gasteiger partial charge in [-0.2, -0.15) is 0 Å². The van der Waals surface area contributed by atoms with Crippen molar-refractivity contribution in [1.82, 2.24) is 14.5 Å². The van der Waals surface area contributed by atoms with Crippen LogP contribution in [-0.2, 0) is 11.8 Å². The molecule has 1 aromatic carbocycles. The van der Waals surface area contributed by atoms with Crippen LogP contribution in [0.4, 0.5) is 5.13 Å². The maximum absolute atomic E-state index is 12.6. The lowest BCUT2D eigenvalue weighted by Gasteiger charge is -2.12. The van der Waals surface area contributed by atoms with Crippen LogP contribution in [0.2, 0.25) is 0 Å². The lowest BCUT2D eigenvalue weighted by Crippen LogP contribution is -2.24. The molecule has 132 valence electrons. The van der Waals surface area contributed by atoms with Crippen molar-refractivity contribution in [3.8, 4) is 5.75 Å². The summed E-state index contributed by atoms with van der Waals surface area (Å²) in [7, 11) is 1.92. The number of nitrogens with one attached hydrogen (secondary N) is 1. The number of thioether (sulfide) groups is 1. The molecule has 0 fully saturated rings. The van der Waals surface area contributed by atoms with E-state index in [2.05, 4.69) is 15.3 Å². The van der Waals surface area contributed by atoms with E-state index in [0.717, 1.165) is 21.1 Å². The highest BCUT2D eigenvalue weighted by Gasteiger charge is 2.21. The molecule has 0 spiro atoms. The zero-order valence-corrected chi connectivity index (χ0v) is 16.0. The summed E-state index contributed by atoms with van der Waals surface area (Å²) in [5.74, 6) is 0.757. The van der Waals surface area contributed by atoms with E-state index in [-0.39, 0.29) is 11.2 Å². The first-order valence-corrected chi connectivity index (χ1v) is 9.78. The highest BCUT2D eigenvalue weighted by Crippen LogP contribution is 2.30. The van der Waals surface area contributed by atoms with Crippen molar-refractivity contribution < 1.29 is 9.53 Å². The second kappa shape index (κ2) is 7.88. The third-order valence-electron chi connectivity index (χ3n) is 3.59. The molecule has 25 heavy (non-hydrogen) atoms. The van der Waals surface area contributed by atoms with Crippen LogP contribution >= 0.6 is 23.1 Å². The molecular formula is C17H20N4O2S2. The second-order valence-corrected chi connectivity index (χ2v) is 7.61. The van der Waals surface area contributed by atoms with Crippen molar-refractivity contribution in [2.45, 2.75) is 30.7 Å². The van der Waals surface area contributed by atoms with Crippen LogP contribution < -0.4 is 10.1 Å². The number of hydrogen-bond donors (Lipinski definition) is 1. The Bertz CT molecular complexity index is 875. The molecule has 1 unspecified atom stereocenters. The highest BCUT2D eigenvalue weighted by molar-refractivity contribution is 8.00. The van der Waals surface area contributed by atoms with E-state index in [0.29, 0.717) is 18.2 Å². The molecule has 8 heteroatoms. The first kappa shape index (κ1) is 17.8. The Morgan fingerprint density at radius 2 is 2.28 bits per heavy atom. The fourth-order valence-electron chi connectivity index (χ4n) is 2.32. The number of nitrogens with zero attached hydrogens (tertiary/aromatic N) is 3. The van der Waals surface area contributed by atoms with Crippen molar-refractivity contribution in [2.24, 2.45) is 7.05 Å². The van der Waals surface area contributed by atoms with Gasteiger partial charge in [0.2, 0.25) is 5.91 Å². The molecule has 0 aliphatic heterocycles. The first-order chi connectivity index (χ1) is 12.1. The molecule has 1 amide bonds. The van der Waals surface area contributed by atoms with Gasteiger partial charge in [0, 0.05) is 19.4 Å². The number of carbonyl (C=O) groups is 1. The Morgan fingerprint density at radius 1 is 1.44 bits per heavy atom. The first-order valence-electron chi connectivity index (χ1n) is 8.09. The van der Waals surface area contributed by atoms with Crippen molar-refractivity contribution in [1.29, 1.82) is 0 Å². The number of thiazole rings is 1. The second-order valence-electron chi connectivity index (χ2n) is 5.41. The smallest absolute Gasteiger partial charge is 0.239 e. The summed E-state index contributed by atoms with van der Waals surface area (Å²) in [6.07, 6.45) is 4.32. The van der Waals surface area contributed by atoms with E-state index in [1.807, 2.05) is 49.9 Å². The van der Waals surface area contributed by atoms with E-state index in [4.69, 9.17) is 4.74 Å². The van der Waals surface area contributed by atoms with Gasteiger partial charge in [0.1, 0.15) is 5.75 Å².